The van der Waals surface area contributed by atoms with Crippen molar-refractivity contribution >= 4 is 5.97 Å². The van der Waals surface area contributed by atoms with Gasteiger partial charge in [-0.15, -0.1) is 0 Å². The summed E-state index contributed by atoms with van der Waals surface area (Å²) >= 11 is 0. The van der Waals surface area contributed by atoms with E-state index in [1.165, 1.54) is 24.8 Å². The van der Waals surface area contributed by atoms with Crippen molar-refractivity contribution in [2.45, 2.75) is 64.5 Å². The van der Waals surface area contributed by atoms with Crippen LogP contribution in [0.2, 0.25) is 0 Å². The highest BCUT2D eigenvalue weighted by Crippen LogP contribution is 2.27. The van der Waals surface area contributed by atoms with Gasteiger partial charge in [-0.2, -0.15) is 0 Å². The second kappa shape index (κ2) is 5.96. The minimum absolute atomic E-state index is 0.312. The lowest BCUT2D eigenvalue weighted by Crippen LogP contribution is -2.51. The summed E-state index contributed by atoms with van der Waals surface area (Å²) in [7, 11) is 0. The highest BCUT2D eigenvalue weighted by atomic mass is 16.4. The molecule has 1 aromatic carbocycles. The standard InChI is InChI=1S/C17H25NO2/c1-12-9-10-14(11-13(12)2)17(3,16(19)20)18-15-7-5-4-6-8-15/h9-11,15,18H,4-8H2,1-3H3,(H,19,20). The van der Waals surface area contributed by atoms with Gasteiger partial charge in [0.1, 0.15) is 5.54 Å². The Morgan fingerprint density at radius 1 is 1.20 bits per heavy atom. The van der Waals surface area contributed by atoms with Crippen molar-refractivity contribution in [1.82, 2.24) is 5.32 Å². The number of hydrogen-bond donors (Lipinski definition) is 2. The molecule has 2 rings (SSSR count). The molecule has 0 aromatic heterocycles. The molecule has 1 unspecified atom stereocenters. The third-order valence-corrected chi connectivity index (χ3v) is 4.61. The number of rotatable bonds is 4. The highest BCUT2D eigenvalue weighted by Gasteiger charge is 2.37. The molecule has 1 aromatic rings. The first-order valence-corrected chi connectivity index (χ1v) is 7.52. The summed E-state index contributed by atoms with van der Waals surface area (Å²) in [6.45, 7) is 5.86. The molecule has 0 heterocycles. The smallest absolute Gasteiger partial charge is 0.328 e. The summed E-state index contributed by atoms with van der Waals surface area (Å²) < 4.78 is 0. The molecule has 1 fully saturated rings. The predicted molar refractivity (Wildman–Crippen MR) is 80.9 cm³/mol. The number of hydrogen-bond acceptors (Lipinski definition) is 2. The Morgan fingerprint density at radius 2 is 1.85 bits per heavy atom. The van der Waals surface area contributed by atoms with Gasteiger partial charge in [-0.3, -0.25) is 5.32 Å². The fourth-order valence-corrected chi connectivity index (χ4v) is 2.98. The van der Waals surface area contributed by atoms with Gasteiger partial charge in [0, 0.05) is 6.04 Å². The lowest BCUT2D eigenvalue weighted by atomic mass is 9.86. The van der Waals surface area contributed by atoms with Crippen molar-refractivity contribution in [3.63, 3.8) is 0 Å². The summed E-state index contributed by atoms with van der Waals surface area (Å²) in [4.78, 5) is 11.8. The molecular formula is C17H25NO2. The average molecular weight is 275 g/mol. The molecule has 0 saturated heterocycles. The van der Waals surface area contributed by atoms with Gasteiger partial charge in [0.25, 0.3) is 0 Å². The number of aryl methyl sites for hydroxylation is 2. The molecular weight excluding hydrogens is 250 g/mol. The third kappa shape index (κ3) is 3.04. The second-order valence-electron chi connectivity index (χ2n) is 6.21. The van der Waals surface area contributed by atoms with E-state index in [2.05, 4.69) is 5.32 Å². The molecule has 0 aliphatic heterocycles. The Labute approximate surface area is 121 Å². The Hall–Kier alpha value is -1.35. The maximum Gasteiger partial charge on any atom is 0.328 e. The highest BCUT2D eigenvalue weighted by molar-refractivity contribution is 5.80. The van der Waals surface area contributed by atoms with E-state index in [0.717, 1.165) is 24.0 Å². The molecule has 3 nitrogen and oxygen atoms in total. The van der Waals surface area contributed by atoms with Crippen LogP contribution in [0.1, 0.15) is 55.7 Å². The van der Waals surface area contributed by atoms with Gasteiger partial charge in [-0.1, -0.05) is 37.5 Å². The van der Waals surface area contributed by atoms with E-state index in [9.17, 15) is 9.90 Å². The summed E-state index contributed by atoms with van der Waals surface area (Å²) in [6, 6.07) is 6.26. The van der Waals surface area contributed by atoms with Crippen LogP contribution in [0.3, 0.4) is 0 Å². The molecule has 0 radical (unpaired) electrons. The Kier molecular flexibility index (Phi) is 4.48. The topological polar surface area (TPSA) is 49.3 Å². The molecule has 110 valence electrons. The predicted octanol–water partition coefficient (Wildman–Crippen LogP) is 3.53. The van der Waals surface area contributed by atoms with Gasteiger partial charge in [0.2, 0.25) is 0 Å². The fourth-order valence-electron chi connectivity index (χ4n) is 2.98. The van der Waals surface area contributed by atoms with Crippen molar-refractivity contribution in [2.24, 2.45) is 0 Å². The van der Waals surface area contributed by atoms with E-state index >= 15 is 0 Å². The molecule has 1 atom stereocenters. The minimum Gasteiger partial charge on any atom is -0.480 e. The lowest BCUT2D eigenvalue weighted by molar-refractivity contribution is -0.145. The molecule has 20 heavy (non-hydrogen) atoms. The largest absolute Gasteiger partial charge is 0.480 e. The summed E-state index contributed by atoms with van der Waals surface area (Å²) in [5, 5.41) is 13.1. The van der Waals surface area contributed by atoms with Crippen LogP contribution in [-0.2, 0) is 10.3 Å². The van der Waals surface area contributed by atoms with Gasteiger partial charge in [-0.25, -0.2) is 4.79 Å². The average Bonchev–Trinajstić information content (AvgIpc) is 2.42. The monoisotopic (exact) mass is 275 g/mol. The van der Waals surface area contributed by atoms with E-state index < -0.39 is 11.5 Å². The number of carbonyl (C=O) groups is 1. The summed E-state index contributed by atoms with van der Waals surface area (Å²) in [6.07, 6.45) is 5.81. The van der Waals surface area contributed by atoms with Crippen LogP contribution in [0.15, 0.2) is 18.2 Å². The van der Waals surface area contributed by atoms with Gasteiger partial charge in [0.15, 0.2) is 0 Å². The number of benzene rings is 1. The maximum absolute atomic E-state index is 11.8. The van der Waals surface area contributed by atoms with Crippen molar-refractivity contribution in [3.8, 4) is 0 Å². The van der Waals surface area contributed by atoms with E-state index in [1.807, 2.05) is 32.0 Å². The Balaban J connectivity index is 2.27. The number of carboxylic acids is 1. The van der Waals surface area contributed by atoms with Crippen molar-refractivity contribution in [1.29, 1.82) is 0 Å². The minimum atomic E-state index is -1.000. The SMILES string of the molecule is Cc1ccc(C(C)(NC2CCCCC2)C(=O)O)cc1C. The molecule has 0 amide bonds. The summed E-state index contributed by atoms with van der Waals surface area (Å²) in [5.41, 5.74) is 2.18. The second-order valence-corrected chi connectivity index (χ2v) is 6.21. The molecule has 0 spiro atoms. The zero-order valence-corrected chi connectivity index (χ0v) is 12.7. The first kappa shape index (κ1) is 15.0. The van der Waals surface area contributed by atoms with Crippen molar-refractivity contribution < 1.29 is 9.90 Å². The molecule has 0 bridgehead atoms. The number of aliphatic carboxylic acids is 1. The zero-order chi connectivity index (χ0) is 14.8. The first-order valence-electron chi connectivity index (χ1n) is 7.52. The van der Waals surface area contributed by atoms with Crippen LogP contribution in [0.25, 0.3) is 0 Å². The van der Waals surface area contributed by atoms with Crippen LogP contribution >= 0.6 is 0 Å². The Morgan fingerprint density at radius 3 is 2.40 bits per heavy atom. The quantitative estimate of drug-likeness (QED) is 0.884. The van der Waals surface area contributed by atoms with Crippen LogP contribution in [0.5, 0.6) is 0 Å². The van der Waals surface area contributed by atoms with E-state index in [-0.39, 0.29) is 0 Å². The third-order valence-electron chi connectivity index (χ3n) is 4.61. The van der Waals surface area contributed by atoms with E-state index in [4.69, 9.17) is 0 Å². The molecule has 2 N–H and O–H groups in total. The fraction of sp³-hybridized carbons (Fsp3) is 0.588. The van der Waals surface area contributed by atoms with Crippen LogP contribution < -0.4 is 5.32 Å². The van der Waals surface area contributed by atoms with Gasteiger partial charge in [-0.05, 0) is 50.3 Å². The van der Waals surface area contributed by atoms with Crippen molar-refractivity contribution in [3.05, 3.63) is 34.9 Å². The molecule has 1 aliphatic carbocycles. The van der Waals surface area contributed by atoms with Gasteiger partial charge < -0.3 is 5.11 Å². The van der Waals surface area contributed by atoms with Gasteiger partial charge in [0.05, 0.1) is 0 Å². The number of carboxylic acid groups (broad SMARTS) is 1. The molecule has 3 heteroatoms. The van der Waals surface area contributed by atoms with Crippen LogP contribution in [0, 0.1) is 13.8 Å². The number of nitrogens with one attached hydrogen (secondary N) is 1. The molecule has 1 aliphatic rings. The first-order chi connectivity index (χ1) is 9.43. The summed E-state index contributed by atoms with van der Waals surface area (Å²) in [5.74, 6) is -0.800. The molecule has 1 saturated carbocycles. The van der Waals surface area contributed by atoms with Crippen molar-refractivity contribution in [2.75, 3.05) is 0 Å². The Bertz CT molecular complexity index is 492. The normalized spacial score (nSPS) is 19.6. The zero-order valence-electron chi connectivity index (χ0n) is 12.7. The van der Waals surface area contributed by atoms with Crippen LogP contribution in [-0.4, -0.2) is 17.1 Å². The van der Waals surface area contributed by atoms with E-state index in [1.54, 1.807) is 6.92 Å². The van der Waals surface area contributed by atoms with Crippen LogP contribution in [0.4, 0.5) is 0 Å². The van der Waals surface area contributed by atoms with Gasteiger partial charge >= 0.3 is 5.97 Å². The maximum atomic E-state index is 11.8. The van der Waals surface area contributed by atoms with E-state index in [0.29, 0.717) is 6.04 Å². The lowest BCUT2D eigenvalue weighted by Gasteiger charge is -2.34.